The molecule has 0 aliphatic rings. The first-order chi connectivity index (χ1) is 31.0. The molecule has 1 atom stereocenters. The molecule has 63 heavy (non-hydrogen) atoms. The Bertz CT molecular complexity index is 1110. The van der Waals surface area contributed by atoms with Crippen molar-refractivity contribution in [2.45, 2.75) is 284 Å². The number of allylic oxidation sites excluding steroid dienone is 8. The third-order valence-corrected chi connectivity index (χ3v) is 11.8. The van der Waals surface area contributed by atoms with Crippen molar-refractivity contribution in [2.75, 3.05) is 13.2 Å². The molecule has 0 N–H and O–H groups in total. The van der Waals surface area contributed by atoms with Crippen LogP contribution in [0.4, 0.5) is 0 Å². The first-order valence-electron chi connectivity index (χ1n) is 27.1. The van der Waals surface area contributed by atoms with Gasteiger partial charge in [-0.3, -0.25) is 14.4 Å². The average Bonchev–Trinajstić information content (AvgIpc) is 3.28. The fraction of sp³-hybridized carbons (Fsp3) is 0.807. The van der Waals surface area contributed by atoms with E-state index < -0.39 is 6.10 Å². The molecule has 0 saturated carbocycles. The Morgan fingerprint density at radius 2 is 0.571 bits per heavy atom. The van der Waals surface area contributed by atoms with E-state index in [0.29, 0.717) is 19.3 Å². The highest BCUT2D eigenvalue weighted by molar-refractivity contribution is 5.71. The molecule has 0 saturated heterocycles. The van der Waals surface area contributed by atoms with E-state index in [-0.39, 0.29) is 31.1 Å². The van der Waals surface area contributed by atoms with Gasteiger partial charge in [-0.05, 0) is 103 Å². The zero-order valence-corrected chi connectivity index (χ0v) is 41.8. The second kappa shape index (κ2) is 52.0. The average molecular weight is 883 g/mol. The summed E-state index contributed by atoms with van der Waals surface area (Å²) in [5, 5.41) is 0. The van der Waals surface area contributed by atoms with E-state index in [0.717, 1.165) is 83.5 Å². The van der Waals surface area contributed by atoms with Crippen molar-refractivity contribution in [3.63, 3.8) is 0 Å². The molecule has 0 aromatic heterocycles. The molecule has 0 unspecified atom stereocenters. The van der Waals surface area contributed by atoms with Crippen LogP contribution in [0.3, 0.4) is 0 Å². The summed E-state index contributed by atoms with van der Waals surface area (Å²) in [6.45, 7) is 6.59. The van der Waals surface area contributed by atoms with Crippen molar-refractivity contribution in [1.82, 2.24) is 0 Å². The van der Waals surface area contributed by atoms with E-state index in [9.17, 15) is 14.4 Å². The second-order valence-corrected chi connectivity index (χ2v) is 18.1. The fourth-order valence-corrected chi connectivity index (χ4v) is 7.64. The molecule has 0 aromatic rings. The van der Waals surface area contributed by atoms with Gasteiger partial charge in [0.2, 0.25) is 0 Å². The van der Waals surface area contributed by atoms with Crippen LogP contribution in [0.1, 0.15) is 278 Å². The zero-order chi connectivity index (χ0) is 45.8. The number of esters is 3. The first-order valence-corrected chi connectivity index (χ1v) is 27.1. The Morgan fingerprint density at radius 3 is 0.937 bits per heavy atom. The first kappa shape index (κ1) is 60.4. The van der Waals surface area contributed by atoms with Crippen molar-refractivity contribution in [2.24, 2.45) is 0 Å². The Balaban J connectivity index is 4.41. The van der Waals surface area contributed by atoms with Gasteiger partial charge in [-0.1, -0.05) is 204 Å². The summed E-state index contributed by atoms with van der Waals surface area (Å²) in [7, 11) is 0. The van der Waals surface area contributed by atoms with E-state index in [1.165, 1.54) is 154 Å². The molecular formula is C57H102O6. The van der Waals surface area contributed by atoms with E-state index in [2.05, 4.69) is 69.4 Å². The maximum absolute atomic E-state index is 12.8. The molecular weight excluding hydrogens is 781 g/mol. The van der Waals surface area contributed by atoms with Crippen LogP contribution in [0.15, 0.2) is 48.6 Å². The van der Waals surface area contributed by atoms with Crippen LogP contribution >= 0.6 is 0 Å². The smallest absolute Gasteiger partial charge is 0.306 e. The summed E-state index contributed by atoms with van der Waals surface area (Å²) in [6.07, 6.45) is 62.3. The standard InChI is InChI=1S/C57H102O6/c1-4-7-10-13-16-19-22-25-28-31-34-37-40-43-46-49-55(58)61-52-54(63-57(60)51-48-45-42-39-36-33-30-27-24-21-18-15-12-9-6-3)53-62-56(59)50-47-44-41-38-35-32-29-26-23-20-17-14-11-8-5-2/h16,19,21,24-26,28-29,54H,4-15,17-18,20,22-23,27,30-53H2,1-3H3/b19-16-,24-21-,28-25-,29-26-/t54-/m0/s1. The lowest BCUT2D eigenvalue weighted by molar-refractivity contribution is -0.167. The molecule has 0 bridgehead atoms. The topological polar surface area (TPSA) is 78.9 Å². The molecule has 0 spiro atoms. The number of rotatable bonds is 49. The highest BCUT2D eigenvalue weighted by Crippen LogP contribution is 2.14. The molecule has 366 valence electrons. The normalized spacial score (nSPS) is 12.4. The van der Waals surface area contributed by atoms with Crippen LogP contribution in [0.5, 0.6) is 0 Å². The van der Waals surface area contributed by atoms with E-state index in [1.807, 2.05) is 0 Å². The molecule has 0 heterocycles. The summed E-state index contributed by atoms with van der Waals surface area (Å²) in [5.74, 6) is -0.900. The lowest BCUT2D eigenvalue weighted by Gasteiger charge is -2.18. The minimum atomic E-state index is -0.783. The quantitative estimate of drug-likeness (QED) is 0.0262. The summed E-state index contributed by atoms with van der Waals surface area (Å²) in [4.78, 5) is 38.0. The van der Waals surface area contributed by atoms with Gasteiger partial charge in [0.1, 0.15) is 13.2 Å². The highest BCUT2D eigenvalue weighted by Gasteiger charge is 2.19. The molecule has 0 rings (SSSR count). The number of carbonyl (C=O) groups is 3. The minimum Gasteiger partial charge on any atom is -0.462 e. The third-order valence-electron chi connectivity index (χ3n) is 11.8. The van der Waals surface area contributed by atoms with E-state index in [4.69, 9.17) is 14.2 Å². The number of unbranched alkanes of at least 4 members (excludes halogenated alkanes) is 30. The summed E-state index contributed by atoms with van der Waals surface area (Å²) in [6, 6.07) is 0. The molecule has 6 nitrogen and oxygen atoms in total. The maximum atomic E-state index is 12.8. The van der Waals surface area contributed by atoms with Gasteiger partial charge in [-0.15, -0.1) is 0 Å². The largest absolute Gasteiger partial charge is 0.462 e. The van der Waals surface area contributed by atoms with Crippen molar-refractivity contribution < 1.29 is 28.6 Å². The van der Waals surface area contributed by atoms with Crippen LogP contribution in [-0.2, 0) is 28.6 Å². The number of carbonyl (C=O) groups excluding carboxylic acids is 3. The van der Waals surface area contributed by atoms with Crippen LogP contribution < -0.4 is 0 Å². The lowest BCUT2D eigenvalue weighted by Crippen LogP contribution is -2.30. The Kier molecular flexibility index (Phi) is 49.8. The van der Waals surface area contributed by atoms with Crippen LogP contribution in [0, 0.1) is 0 Å². The van der Waals surface area contributed by atoms with Crippen molar-refractivity contribution in [3.8, 4) is 0 Å². The number of hydrogen-bond donors (Lipinski definition) is 0. The third kappa shape index (κ3) is 50.2. The lowest BCUT2D eigenvalue weighted by atomic mass is 10.1. The van der Waals surface area contributed by atoms with E-state index >= 15 is 0 Å². The summed E-state index contributed by atoms with van der Waals surface area (Å²) >= 11 is 0. The van der Waals surface area contributed by atoms with Crippen molar-refractivity contribution >= 4 is 17.9 Å². The van der Waals surface area contributed by atoms with Gasteiger partial charge in [0.25, 0.3) is 0 Å². The predicted molar refractivity (Wildman–Crippen MR) is 270 cm³/mol. The number of ether oxygens (including phenoxy) is 3. The van der Waals surface area contributed by atoms with Crippen LogP contribution in [-0.4, -0.2) is 37.2 Å². The molecule has 0 radical (unpaired) electrons. The van der Waals surface area contributed by atoms with Crippen molar-refractivity contribution in [3.05, 3.63) is 48.6 Å². The Hall–Kier alpha value is -2.63. The monoisotopic (exact) mass is 883 g/mol. The van der Waals surface area contributed by atoms with Crippen LogP contribution in [0.25, 0.3) is 0 Å². The van der Waals surface area contributed by atoms with Gasteiger partial charge in [-0.25, -0.2) is 0 Å². The molecule has 0 aliphatic carbocycles. The van der Waals surface area contributed by atoms with Gasteiger partial charge >= 0.3 is 17.9 Å². The maximum Gasteiger partial charge on any atom is 0.306 e. The Labute approximate surface area is 390 Å². The molecule has 0 fully saturated rings. The van der Waals surface area contributed by atoms with Crippen molar-refractivity contribution in [1.29, 1.82) is 0 Å². The molecule has 0 aromatic carbocycles. The predicted octanol–water partition coefficient (Wildman–Crippen LogP) is 17.9. The van der Waals surface area contributed by atoms with Gasteiger partial charge < -0.3 is 14.2 Å². The Morgan fingerprint density at radius 1 is 0.317 bits per heavy atom. The molecule has 0 aliphatic heterocycles. The zero-order valence-electron chi connectivity index (χ0n) is 41.8. The highest BCUT2D eigenvalue weighted by atomic mass is 16.6. The van der Waals surface area contributed by atoms with E-state index in [1.54, 1.807) is 0 Å². The SMILES string of the molecule is CCCCC/C=C\C/C=C\CCCCCCCC(=O)OC[C@@H](COC(=O)CCCCCCC/C=C\CCCCCCCC)OC(=O)CCCCCCCCC/C=C\CCCCCC. The molecule has 0 amide bonds. The van der Waals surface area contributed by atoms with Gasteiger partial charge in [0.15, 0.2) is 6.10 Å². The van der Waals surface area contributed by atoms with Crippen LogP contribution in [0.2, 0.25) is 0 Å². The molecule has 6 heteroatoms. The fourth-order valence-electron chi connectivity index (χ4n) is 7.64. The second-order valence-electron chi connectivity index (χ2n) is 18.1. The summed E-state index contributed by atoms with van der Waals surface area (Å²) in [5.41, 5.74) is 0. The number of hydrogen-bond acceptors (Lipinski definition) is 6. The van der Waals surface area contributed by atoms with Gasteiger partial charge in [0, 0.05) is 19.3 Å². The van der Waals surface area contributed by atoms with Gasteiger partial charge in [-0.2, -0.15) is 0 Å². The van der Waals surface area contributed by atoms with Gasteiger partial charge in [0.05, 0.1) is 0 Å². The minimum absolute atomic E-state index is 0.0827. The summed E-state index contributed by atoms with van der Waals surface area (Å²) < 4.78 is 16.8.